The summed E-state index contributed by atoms with van der Waals surface area (Å²) in [4.78, 5) is 3.84. The van der Waals surface area contributed by atoms with Gasteiger partial charge in [-0.3, -0.25) is 4.98 Å². The topological polar surface area (TPSA) is 62.7 Å². The van der Waals surface area contributed by atoms with Gasteiger partial charge in [0.1, 0.15) is 0 Å². The Bertz CT molecular complexity index is 225. The zero-order valence-corrected chi connectivity index (χ0v) is 7.20. The van der Waals surface area contributed by atoms with Gasteiger partial charge in [-0.05, 0) is 17.7 Å². The highest BCUT2D eigenvalue weighted by atomic mass is 14.6. The predicted molar refractivity (Wildman–Crippen MR) is 48.0 cm³/mol. The van der Waals surface area contributed by atoms with Crippen molar-refractivity contribution in [2.24, 2.45) is 5.73 Å². The molecule has 0 amide bonds. The van der Waals surface area contributed by atoms with Gasteiger partial charge in [0, 0.05) is 25.4 Å². The summed E-state index contributed by atoms with van der Waals surface area (Å²) in [6.07, 6.45) is 4.10. The van der Waals surface area contributed by atoms with Crippen molar-refractivity contribution in [3.05, 3.63) is 30.1 Å². The molecule has 1 heterocycles. The summed E-state index contributed by atoms with van der Waals surface area (Å²) in [5.74, 6) is 0. The molecule has 0 unspecified atom stereocenters. The van der Waals surface area contributed by atoms with Crippen molar-refractivity contribution >= 4 is 0 Å². The third kappa shape index (κ3) is 5.39. The Hall–Kier alpha value is -1.40. The van der Waals surface area contributed by atoms with Crippen LogP contribution in [0.5, 0.6) is 0 Å². The van der Waals surface area contributed by atoms with Crippen LogP contribution >= 0.6 is 0 Å². The van der Waals surface area contributed by atoms with Gasteiger partial charge in [-0.25, -0.2) is 0 Å². The molecule has 0 saturated heterocycles. The van der Waals surface area contributed by atoms with Gasteiger partial charge in [0.05, 0.1) is 6.07 Å². The zero-order chi connectivity index (χ0) is 9.23. The molecule has 64 valence electrons. The van der Waals surface area contributed by atoms with Crippen molar-refractivity contribution in [1.29, 1.82) is 5.26 Å². The second kappa shape index (κ2) is 7.70. The maximum absolute atomic E-state index is 7.62. The van der Waals surface area contributed by atoms with Crippen LogP contribution in [0.3, 0.4) is 0 Å². The van der Waals surface area contributed by atoms with Gasteiger partial charge in [0.2, 0.25) is 0 Å². The summed E-state index contributed by atoms with van der Waals surface area (Å²) in [5, 5.41) is 7.62. The normalized spacial score (nSPS) is 7.75. The minimum absolute atomic E-state index is 0.600. The molecule has 0 aliphatic rings. The molecule has 0 fully saturated rings. The van der Waals surface area contributed by atoms with Crippen molar-refractivity contribution in [3.8, 4) is 6.07 Å². The number of hydrogen-bond acceptors (Lipinski definition) is 3. The number of nitrogens with two attached hydrogens (primary N) is 1. The van der Waals surface area contributed by atoms with E-state index in [0.29, 0.717) is 13.0 Å². The second-order valence-electron chi connectivity index (χ2n) is 2.07. The van der Waals surface area contributed by atoms with E-state index in [2.05, 4.69) is 4.98 Å². The van der Waals surface area contributed by atoms with E-state index in [1.54, 1.807) is 12.4 Å². The van der Waals surface area contributed by atoms with Crippen molar-refractivity contribution in [1.82, 2.24) is 4.98 Å². The SMILES string of the molecule is CCC#N.NCc1ccncc1. The monoisotopic (exact) mass is 163 g/mol. The molecule has 0 saturated carbocycles. The molecule has 0 bridgehead atoms. The van der Waals surface area contributed by atoms with Gasteiger partial charge in [-0.2, -0.15) is 5.26 Å². The largest absolute Gasteiger partial charge is 0.326 e. The van der Waals surface area contributed by atoms with E-state index >= 15 is 0 Å². The molecule has 0 spiro atoms. The number of rotatable bonds is 1. The fourth-order valence-corrected chi connectivity index (χ4v) is 0.519. The van der Waals surface area contributed by atoms with Crippen LogP contribution in [0.2, 0.25) is 0 Å². The van der Waals surface area contributed by atoms with Gasteiger partial charge in [-0.15, -0.1) is 0 Å². The van der Waals surface area contributed by atoms with E-state index in [4.69, 9.17) is 11.0 Å². The molecule has 1 rings (SSSR count). The Morgan fingerprint density at radius 1 is 1.50 bits per heavy atom. The van der Waals surface area contributed by atoms with Crippen LogP contribution in [-0.4, -0.2) is 4.98 Å². The van der Waals surface area contributed by atoms with Crippen LogP contribution in [0.4, 0.5) is 0 Å². The van der Waals surface area contributed by atoms with Gasteiger partial charge in [0.25, 0.3) is 0 Å². The maximum Gasteiger partial charge on any atom is 0.0618 e. The summed E-state index contributed by atoms with van der Waals surface area (Å²) >= 11 is 0. The lowest BCUT2D eigenvalue weighted by Crippen LogP contribution is -1.94. The van der Waals surface area contributed by atoms with E-state index in [9.17, 15) is 0 Å². The Morgan fingerprint density at radius 3 is 2.25 bits per heavy atom. The lowest BCUT2D eigenvalue weighted by atomic mass is 10.3. The lowest BCUT2D eigenvalue weighted by Gasteiger charge is -1.89. The number of hydrogen-bond donors (Lipinski definition) is 1. The standard InChI is InChI=1S/C6H8N2.C3H5N/c7-5-6-1-3-8-4-2-6;1-2-3-4/h1-4H,5,7H2;2H2,1H3. The molecule has 0 aromatic carbocycles. The van der Waals surface area contributed by atoms with Crippen LogP contribution in [0.15, 0.2) is 24.5 Å². The molecule has 3 heteroatoms. The van der Waals surface area contributed by atoms with Crippen molar-refractivity contribution in [3.63, 3.8) is 0 Å². The summed E-state index contributed by atoms with van der Waals surface area (Å²) in [7, 11) is 0. The predicted octanol–water partition coefficient (Wildman–Crippen LogP) is 1.46. The molecule has 0 atom stereocenters. The third-order valence-corrected chi connectivity index (χ3v) is 1.14. The minimum Gasteiger partial charge on any atom is -0.326 e. The van der Waals surface area contributed by atoms with E-state index in [1.807, 2.05) is 25.1 Å². The first kappa shape index (κ1) is 10.6. The van der Waals surface area contributed by atoms with Crippen molar-refractivity contribution in [2.75, 3.05) is 0 Å². The first-order valence-corrected chi connectivity index (χ1v) is 3.81. The van der Waals surface area contributed by atoms with Gasteiger partial charge < -0.3 is 5.73 Å². The molecule has 1 aromatic heterocycles. The third-order valence-electron chi connectivity index (χ3n) is 1.14. The first-order valence-electron chi connectivity index (χ1n) is 3.81. The Balaban J connectivity index is 0.000000261. The first-order chi connectivity index (χ1) is 5.85. The van der Waals surface area contributed by atoms with Crippen LogP contribution < -0.4 is 5.73 Å². The summed E-state index contributed by atoms with van der Waals surface area (Å²) in [6, 6.07) is 5.74. The fraction of sp³-hybridized carbons (Fsp3) is 0.333. The molecule has 1 aromatic rings. The van der Waals surface area contributed by atoms with Crippen molar-refractivity contribution < 1.29 is 0 Å². The highest BCUT2D eigenvalue weighted by molar-refractivity contribution is 5.08. The van der Waals surface area contributed by atoms with E-state index < -0.39 is 0 Å². The van der Waals surface area contributed by atoms with Crippen molar-refractivity contribution in [2.45, 2.75) is 19.9 Å². The highest BCUT2D eigenvalue weighted by Crippen LogP contribution is 1.91. The minimum atomic E-state index is 0.600. The second-order valence-corrected chi connectivity index (χ2v) is 2.07. The molecule has 3 nitrogen and oxygen atoms in total. The lowest BCUT2D eigenvalue weighted by molar-refractivity contribution is 1.06. The number of nitrogens with zero attached hydrogens (tertiary/aromatic N) is 2. The molecular formula is C9H13N3. The quantitative estimate of drug-likeness (QED) is 0.681. The van der Waals surface area contributed by atoms with Crippen LogP contribution in [0.1, 0.15) is 18.9 Å². The van der Waals surface area contributed by atoms with Crippen LogP contribution in [0, 0.1) is 11.3 Å². The fourth-order valence-electron chi connectivity index (χ4n) is 0.519. The van der Waals surface area contributed by atoms with E-state index in [-0.39, 0.29) is 0 Å². The molecule has 0 radical (unpaired) electrons. The Kier molecular flexibility index (Phi) is 6.81. The highest BCUT2D eigenvalue weighted by Gasteiger charge is 1.80. The molecule has 0 aliphatic carbocycles. The van der Waals surface area contributed by atoms with Gasteiger partial charge in [-0.1, -0.05) is 6.92 Å². The smallest absolute Gasteiger partial charge is 0.0618 e. The van der Waals surface area contributed by atoms with Crippen LogP contribution in [-0.2, 0) is 6.54 Å². The van der Waals surface area contributed by atoms with E-state index in [1.165, 1.54) is 0 Å². The average Bonchev–Trinajstić information content (AvgIpc) is 2.19. The van der Waals surface area contributed by atoms with Gasteiger partial charge in [0.15, 0.2) is 0 Å². The summed E-state index contributed by atoms with van der Waals surface area (Å²) in [6.45, 7) is 2.42. The Morgan fingerprint density at radius 2 is 2.00 bits per heavy atom. The number of nitriles is 1. The summed E-state index contributed by atoms with van der Waals surface area (Å²) < 4.78 is 0. The number of pyridine rings is 1. The molecular weight excluding hydrogens is 150 g/mol. The summed E-state index contributed by atoms with van der Waals surface area (Å²) in [5.41, 5.74) is 6.45. The zero-order valence-electron chi connectivity index (χ0n) is 7.20. The molecule has 0 aliphatic heterocycles. The Labute approximate surface area is 72.8 Å². The molecule has 2 N–H and O–H groups in total. The number of aromatic nitrogens is 1. The van der Waals surface area contributed by atoms with Crippen LogP contribution in [0.25, 0.3) is 0 Å². The maximum atomic E-state index is 7.62. The van der Waals surface area contributed by atoms with Gasteiger partial charge >= 0.3 is 0 Å². The average molecular weight is 163 g/mol. The molecule has 12 heavy (non-hydrogen) atoms. The van der Waals surface area contributed by atoms with E-state index in [0.717, 1.165) is 5.56 Å².